The fourth-order valence-electron chi connectivity index (χ4n) is 4.33. The number of hydrogen-bond acceptors (Lipinski definition) is 10. The molecule has 12 heteroatoms. The minimum Gasteiger partial charge on any atom is -0.467 e. The van der Waals surface area contributed by atoms with Crippen LogP contribution in [-0.2, 0) is 34.5 Å². The highest BCUT2D eigenvalue weighted by Gasteiger charge is 2.49. The molecule has 3 atom stereocenters. The van der Waals surface area contributed by atoms with Gasteiger partial charge in [0.05, 0.1) is 13.0 Å². The SMILES string of the molecule is COC(=O)[C@@H]1CC2c3c(cc(OS(=O)(=O)c4ccc(C)cc4)cc3OS(=O)(=O)c3ccc(C)cc3)OC2O1. The molecular formula is C26H24O10S2. The van der Waals surface area contributed by atoms with E-state index in [1.54, 1.807) is 24.3 Å². The second kappa shape index (κ2) is 9.61. The summed E-state index contributed by atoms with van der Waals surface area (Å²) in [7, 11) is -7.35. The molecule has 10 nitrogen and oxygen atoms in total. The molecule has 0 aromatic heterocycles. The van der Waals surface area contributed by atoms with Crippen molar-refractivity contribution in [3.05, 3.63) is 77.4 Å². The van der Waals surface area contributed by atoms with Crippen molar-refractivity contribution in [3.8, 4) is 17.2 Å². The first-order chi connectivity index (χ1) is 18.0. The van der Waals surface area contributed by atoms with Crippen LogP contribution in [0.4, 0.5) is 0 Å². The number of benzene rings is 3. The number of fused-ring (bicyclic) bond motifs is 3. The molecule has 5 rings (SSSR count). The smallest absolute Gasteiger partial charge is 0.339 e. The van der Waals surface area contributed by atoms with Gasteiger partial charge in [-0.1, -0.05) is 35.4 Å². The molecule has 2 aliphatic rings. The van der Waals surface area contributed by atoms with Gasteiger partial charge in [0.25, 0.3) is 0 Å². The summed E-state index contributed by atoms with van der Waals surface area (Å²) in [6.07, 6.45) is -1.70. The maximum Gasteiger partial charge on any atom is 0.339 e. The summed E-state index contributed by atoms with van der Waals surface area (Å²) in [5.41, 5.74) is 2.04. The molecule has 200 valence electrons. The molecule has 0 N–H and O–H groups in total. The molecule has 0 spiro atoms. The van der Waals surface area contributed by atoms with Gasteiger partial charge >= 0.3 is 26.2 Å². The Morgan fingerprint density at radius 1 is 0.842 bits per heavy atom. The number of esters is 1. The Balaban J connectivity index is 1.54. The summed E-state index contributed by atoms with van der Waals surface area (Å²) in [5, 5.41) is 0. The summed E-state index contributed by atoms with van der Waals surface area (Å²) >= 11 is 0. The number of carbonyl (C=O) groups excluding carboxylic acids is 1. The third kappa shape index (κ3) is 4.94. The average Bonchev–Trinajstić information content (AvgIpc) is 3.41. The molecule has 0 bridgehead atoms. The number of aryl methyl sites for hydroxylation is 2. The molecule has 3 aromatic rings. The Kier molecular flexibility index (Phi) is 6.58. The summed E-state index contributed by atoms with van der Waals surface area (Å²) in [6, 6.07) is 14.6. The predicted molar refractivity (Wildman–Crippen MR) is 133 cm³/mol. The second-order valence-electron chi connectivity index (χ2n) is 9.01. The summed E-state index contributed by atoms with van der Waals surface area (Å²) in [6.45, 7) is 3.63. The van der Waals surface area contributed by atoms with E-state index in [1.165, 1.54) is 43.5 Å². The lowest BCUT2D eigenvalue weighted by Crippen LogP contribution is -2.24. The number of ether oxygens (including phenoxy) is 3. The quantitative estimate of drug-likeness (QED) is 0.312. The number of methoxy groups -OCH3 is 1. The van der Waals surface area contributed by atoms with Gasteiger partial charge in [-0.25, -0.2) is 4.79 Å². The van der Waals surface area contributed by atoms with Gasteiger partial charge in [0.1, 0.15) is 21.3 Å². The lowest BCUT2D eigenvalue weighted by atomic mass is 9.95. The van der Waals surface area contributed by atoms with Crippen LogP contribution >= 0.6 is 0 Å². The highest BCUT2D eigenvalue weighted by Crippen LogP contribution is 2.52. The molecule has 1 fully saturated rings. The van der Waals surface area contributed by atoms with E-state index < -0.39 is 44.5 Å². The maximum atomic E-state index is 13.1. The van der Waals surface area contributed by atoms with E-state index in [0.29, 0.717) is 5.56 Å². The molecule has 0 aliphatic carbocycles. The van der Waals surface area contributed by atoms with Gasteiger partial charge in [-0.05, 0) is 44.5 Å². The number of carbonyl (C=O) groups is 1. The number of hydrogen-bond donors (Lipinski definition) is 0. The van der Waals surface area contributed by atoms with E-state index in [4.69, 9.17) is 22.6 Å². The third-order valence-corrected chi connectivity index (χ3v) is 8.79. The van der Waals surface area contributed by atoms with Gasteiger partial charge in [0.15, 0.2) is 11.9 Å². The Bertz CT molecular complexity index is 1590. The fourth-order valence-corrected chi connectivity index (χ4v) is 6.19. The average molecular weight is 561 g/mol. The molecule has 2 aliphatic heterocycles. The standard InChI is InChI=1S/C26H24O10S2/c1-15-4-8-18(9-5-15)37(28,29)35-17-12-21-24(20-14-23(25(27)32-3)34-26(20)33-21)22(13-17)36-38(30,31)19-10-6-16(2)7-11-19/h4-13,20,23,26H,14H2,1-3H3/t20?,23-,26?/m0/s1. The van der Waals surface area contributed by atoms with E-state index >= 15 is 0 Å². The molecule has 0 saturated carbocycles. The Hall–Kier alpha value is -3.61. The maximum absolute atomic E-state index is 13.1. The summed E-state index contributed by atoms with van der Waals surface area (Å²) in [4.78, 5) is 11.9. The van der Waals surface area contributed by atoms with Gasteiger partial charge in [-0.2, -0.15) is 16.8 Å². The fraction of sp³-hybridized carbons (Fsp3) is 0.269. The number of rotatable bonds is 7. The normalized spacial score (nSPS) is 20.2. The molecule has 38 heavy (non-hydrogen) atoms. The third-order valence-electron chi connectivity index (χ3n) is 6.28. The Morgan fingerprint density at radius 2 is 1.39 bits per heavy atom. The Labute approximate surface area is 220 Å². The molecule has 1 saturated heterocycles. The molecular weight excluding hydrogens is 536 g/mol. The van der Waals surface area contributed by atoms with Crippen molar-refractivity contribution in [3.63, 3.8) is 0 Å². The van der Waals surface area contributed by atoms with Gasteiger partial charge in [0.2, 0.25) is 6.29 Å². The van der Waals surface area contributed by atoms with Crippen LogP contribution in [0, 0.1) is 13.8 Å². The minimum absolute atomic E-state index is 0.0830. The van der Waals surface area contributed by atoms with Crippen LogP contribution in [0.15, 0.2) is 70.5 Å². The first-order valence-corrected chi connectivity index (χ1v) is 14.4. The van der Waals surface area contributed by atoms with E-state index in [9.17, 15) is 21.6 Å². The van der Waals surface area contributed by atoms with E-state index in [-0.39, 0.29) is 33.5 Å². The predicted octanol–water partition coefficient (Wildman–Crippen LogP) is 3.60. The zero-order valence-electron chi connectivity index (χ0n) is 20.6. The monoisotopic (exact) mass is 560 g/mol. The first kappa shape index (κ1) is 26.0. The van der Waals surface area contributed by atoms with Gasteiger partial charge in [0, 0.05) is 17.7 Å². The van der Waals surface area contributed by atoms with E-state index in [2.05, 4.69) is 0 Å². The van der Waals surface area contributed by atoms with Crippen molar-refractivity contribution in [2.45, 2.75) is 48.4 Å². The van der Waals surface area contributed by atoms with Crippen LogP contribution in [0.3, 0.4) is 0 Å². The van der Waals surface area contributed by atoms with Gasteiger partial charge < -0.3 is 22.6 Å². The summed E-state index contributed by atoms with van der Waals surface area (Å²) < 4.78 is 79.2. The summed E-state index contributed by atoms with van der Waals surface area (Å²) in [5.74, 6) is -1.46. The highest BCUT2D eigenvalue weighted by atomic mass is 32.2. The van der Waals surface area contributed by atoms with Crippen molar-refractivity contribution in [1.82, 2.24) is 0 Å². The van der Waals surface area contributed by atoms with Crippen molar-refractivity contribution in [2.75, 3.05) is 7.11 Å². The van der Waals surface area contributed by atoms with Crippen molar-refractivity contribution in [1.29, 1.82) is 0 Å². The lowest BCUT2D eigenvalue weighted by molar-refractivity contribution is -0.159. The molecule has 3 aromatic carbocycles. The second-order valence-corrected chi connectivity index (χ2v) is 12.1. The van der Waals surface area contributed by atoms with Crippen LogP contribution in [0.1, 0.15) is 29.0 Å². The zero-order chi connectivity index (χ0) is 27.2. The van der Waals surface area contributed by atoms with E-state index in [1.807, 2.05) is 13.8 Å². The highest BCUT2D eigenvalue weighted by molar-refractivity contribution is 7.87. The van der Waals surface area contributed by atoms with Crippen LogP contribution in [0.5, 0.6) is 17.2 Å². The van der Waals surface area contributed by atoms with Crippen LogP contribution < -0.4 is 13.1 Å². The molecule has 0 amide bonds. The first-order valence-electron chi connectivity index (χ1n) is 11.6. The van der Waals surface area contributed by atoms with Crippen LogP contribution in [0.25, 0.3) is 0 Å². The van der Waals surface area contributed by atoms with Crippen molar-refractivity contribution in [2.24, 2.45) is 0 Å². The zero-order valence-corrected chi connectivity index (χ0v) is 22.2. The molecule has 0 radical (unpaired) electrons. The largest absolute Gasteiger partial charge is 0.467 e. The molecule has 2 unspecified atom stereocenters. The van der Waals surface area contributed by atoms with Crippen LogP contribution in [-0.4, -0.2) is 42.3 Å². The van der Waals surface area contributed by atoms with Crippen molar-refractivity contribution >= 4 is 26.2 Å². The lowest BCUT2D eigenvalue weighted by Gasteiger charge is -2.15. The van der Waals surface area contributed by atoms with E-state index in [0.717, 1.165) is 11.1 Å². The van der Waals surface area contributed by atoms with Crippen molar-refractivity contribution < 1.29 is 44.2 Å². The topological polar surface area (TPSA) is 132 Å². The Morgan fingerprint density at radius 3 is 1.95 bits per heavy atom. The van der Waals surface area contributed by atoms with Gasteiger partial charge in [-0.3, -0.25) is 0 Å². The van der Waals surface area contributed by atoms with Crippen LogP contribution in [0.2, 0.25) is 0 Å². The molecule has 2 heterocycles. The minimum atomic E-state index is -4.33. The van der Waals surface area contributed by atoms with Gasteiger partial charge in [-0.15, -0.1) is 0 Å².